The van der Waals surface area contributed by atoms with E-state index in [4.69, 9.17) is 4.74 Å². The molecule has 0 bridgehead atoms. The van der Waals surface area contributed by atoms with E-state index in [1.54, 1.807) is 0 Å². The maximum atomic E-state index is 11.8. The number of anilines is 1. The van der Waals surface area contributed by atoms with E-state index in [9.17, 15) is 4.79 Å². The summed E-state index contributed by atoms with van der Waals surface area (Å²) in [5, 5.41) is 3.29. The summed E-state index contributed by atoms with van der Waals surface area (Å²) in [6.45, 7) is 4.25. The average Bonchev–Trinajstić information content (AvgIpc) is 2.37. The molecule has 0 atom stereocenters. The first-order chi connectivity index (χ1) is 8.26. The molecule has 1 aliphatic heterocycles. The Balaban J connectivity index is 2.31. The van der Waals surface area contributed by atoms with Crippen LogP contribution in [0.2, 0.25) is 0 Å². The van der Waals surface area contributed by atoms with Crippen LogP contribution in [0.4, 0.5) is 5.69 Å². The molecule has 2 rings (SSSR count). The van der Waals surface area contributed by atoms with Crippen LogP contribution in [0.1, 0.15) is 20.3 Å². The first-order valence-electron chi connectivity index (χ1n) is 5.70. The molecule has 1 heterocycles. The van der Waals surface area contributed by atoms with Crippen LogP contribution in [0.3, 0.4) is 0 Å². The van der Waals surface area contributed by atoms with E-state index in [2.05, 4.69) is 5.32 Å². The van der Waals surface area contributed by atoms with Gasteiger partial charge in [0, 0.05) is 10.6 Å². The number of hydrogen-bond acceptors (Lipinski definition) is 4. The predicted molar refractivity (Wildman–Crippen MR) is 69.9 cm³/mol. The second-order valence-corrected chi connectivity index (χ2v) is 4.66. The number of para-hydroxylation sites is 1. The summed E-state index contributed by atoms with van der Waals surface area (Å²) in [6.07, 6.45) is 0.787. The molecule has 0 unspecified atom stereocenters. The van der Waals surface area contributed by atoms with Gasteiger partial charge in [-0.25, -0.2) is 4.79 Å². The van der Waals surface area contributed by atoms with Gasteiger partial charge in [-0.15, -0.1) is 0 Å². The maximum Gasteiger partial charge on any atom is 0.346 e. The largest absolute Gasteiger partial charge is 0.462 e. The van der Waals surface area contributed by atoms with Crippen molar-refractivity contribution in [1.82, 2.24) is 0 Å². The van der Waals surface area contributed by atoms with Crippen molar-refractivity contribution >= 4 is 23.4 Å². The van der Waals surface area contributed by atoms with E-state index in [1.165, 1.54) is 11.8 Å². The molecule has 0 aromatic heterocycles. The molecular weight excluding hydrogens is 234 g/mol. The van der Waals surface area contributed by atoms with Gasteiger partial charge in [0.25, 0.3) is 0 Å². The lowest BCUT2D eigenvalue weighted by Crippen LogP contribution is -2.15. The van der Waals surface area contributed by atoms with E-state index in [1.807, 2.05) is 38.1 Å². The summed E-state index contributed by atoms with van der Waals surface area (Å²) in [6, 6.07) is 7.96. The molecule has 1 aliphatic rings. The van der Waals surface area contributed by atoms with E-state index >= 15 is 0 Å². The quantitative estimate of drug-likeness (QED) is 0.833. The van der Waals surface area contributed by atoms with Gasteiger partial charge in [0.1, 0.15) is 4.91 Å². The summed E-state index contributed by atoms with van der Waals surface area (Å²) in [5.74, 6) is -0.239. The second-order valence-electron chi connectivity index (χ2n) is 3.60. The molecular formula is C13H15NO2S. The van der Waals surface area contributed by atoms with E-state index in [0.717, 1.165) is 22.7 Å². The summed E-state index contributed by atoms with van der Waals surface area (Å²) in [7, 11) is 0. The van der Waals surface area contributed by atoms with Gasteiger partial charge in [0.05, 0.1) is 12.3 Å². The minimum atomic E-state index is -0.239. The van der Waals surface area contributed by atoms with Crippen LogP contribution in [0, 0.1) is 0 Å². The Bertz CT molecular complexity index is 468. The molecule has 0 amide bonds. The van der Waals surface area contributed by atoms with Gasteiger partial charge in [0.2, 0.25) is 0 Å². The molecule has 1 aromatic rings. The Morgan fingerprint density at radius 1 is 1.35 bits per heavy atom. The third-order valence-corrected chi connectivity index (χ3v) is 3.67. The Morgan fingerprint density at radius 3 is 2.82 bits per heavy atom. The first kappa shape index (κ1) is 12.0. The van der Waals surface area contributed by atoms with Crippen molar-refractivity contribution in [3.63, 3.8) is 0 Å². The van der Waals surface area contributed by atoms with Crippen molar-refractivity contribution in [3.05, 3.63) is 34.9 Å². The molecule has 1 aromatic carbocycles. The number of fused-ring (bicyclic) bond motifs is 1. The van der Waals surface area contributed by atoms with Crippen molar-refractivity contribution in [3.8, 4) is 0 Å². The second kappa shape index (κ2) is 5.27. The molecule has 0 spiro atoms. The molecule has 4 heteroatoms. The van der Waals surface area contributed by atoms with Crippen LogP contribution < -0.4 is 5.32 Å². The molecule has 0 aliphatic carbocycles. The van der Waals surface area contributed by atoms with E-state index < -0.39 is 0 Å². The van der Waals surface area contributed by atoms with Crippen LogP contribution in [0.25, 0.3) is 0 Å². The summed E-state index contributed by atoms with van der Waals surface area (Å²) < 4.78 is 5.07. The van der Waals surface area contributed by atoms with Gasteiger partial charge in [-0.05, 0) is 25.5 Å². The molecule has 1 N–H and O–H groups in total. The maximum absolute atomic E-state index is 11.8. The zero-order chi connectivity index (χ0) is 12.3. The Kier molecular flexibility index (Phi) is 3.74. The zero-order valence-corrected chi connectivity index (χ0v) is 10.8. The summed E-state index contributed by atoms with van der Waals surface area (Å²) in [5.41, 5.74) is 1.99. The predicted octanol–water partition coefficient (Wildman–Crippen LogP) is 3.39. The number of hydrogen-bond donors (Lipinski definition) is 1. The lowest BCUT2D eigenvalue weighted by molar-refractivity contribution is -0.137. The first-order valence-corrected chi connectivity index (χ1v) is 6.52. The molecule has 0 saturated carbocycles. The fourth-order valence-electron chi connectivity index (χ4n) is 1.66. The number of carbonyl (C=O) groups is 1. The highest BCUT2D eigenvalue weighted by Crippen LogP contribution is 2.40. The number of thioether (sulfide) groups is 1. The fourth-order valence-corrected chi connectivity index (χ4v) is 2.72. The SMILES string of the molecule is CCOC(=O)C1=C(CC)Nc2ccccc2S1. The zero-order valence-electron chi connectivity index (χ0n) is 9.95. The van der Waals surface area contributed by atoms with E-state index in [-0.39, 0.29) is 5.97 Å². The lowest BCUT2D eigenvalue weighted by atomic mass is 10.2. The van der Waals surface area contributed by atoms with Crippen LogP contribution in [-0.4, -0.2) is 12.6 Å². The monoisotopic (exact) mass is 249 g/mol. The summed E-state index contributed by atoms with van der Waals surface area (Å²) >= 11 is 1.48. The highest BCUT2D eigenvalue weighted by atomic mass is 32.2. The molecule has 0 saturated heterocycles. The molecule has 17 heavy (non-hydrogen) atoms. The van der Waals surface area contributed by atoms with Crippen molar-refractivity contribution in [1.29, 1.82) is 0 Å². The number of allylic oxidation sites excluding steroid dienone is 1. The highest BCUT2D eigenvalue weighted by molar-refractivity contribution is 8.04. The number of carbonyl (C=O) groups excluding carboxylic acids is 1. The fraction of sp³-hybridized carbons (Fsp3) is 0.308. The van der Waals surface area contributed by atoms with Crippen molar-refractivity contribution in [2.75, 3.05) is 11.9 Å². The van der Waals surface area contributed by atoms with Crippen LogP contribution in [0.5, 0.6) is 0 Å². The van der Waals surface area contributed by atoms with Gasteiger partial charge in [-0.3, -0.25) is 0 Å². The molecule has 3 nitrogen and oxygen atoms in total. The molecule has 90 valence electrons. The van der Waals surface area contributed by atoms with Crippen LogP contribution in [0.15, 0.2) is 39.8 Å². The topological polar surface area (TPSA) is 38.3 Å². The minimum absolute atomic E-state index is 0.239. The highest BCUT2D eigenvalue weighted by Gasteiger charge is 2.23. The standard InChI is InChI=1S/C13H15NO2S/c1-3-9-12(13(15)16-4-2)17-11-8-6-5-7-10(11)14-9/h5-8,14H,3-4H2,1-2H3. The molecule has 0 radical (unpaired) electrons. The van der Waals surface area contributed by atoms with Crippen LogP contribution >= 0.6 is 11.8 Å². The Morgan fingerprint density at radius 2 is 2.12 bits per heavy atom. The third kappa shape index (κ3) is 2.47. The number of ether oxygens (including phenoxy) is 1. The number of nitrogens with one attached hydrogen (secondary N) is 1. The Labute approximate surface area is 105 Å². The van der Waals surface area contributed by atoms with E-state index in [0.29, 0.717) is 11.5 Å². The van der Waals surface area contributed by atoms with Gasteiger partial charge in [0.15, 0.2) is 0 Å². The minimum Gasteiger partial charge on any atom is -0.462 e. The average molecular weight is 249 g/mol. The smallest absolute Gasteiger partial charge is 0.346 e. The van der Waals surface area contributed by atoms with Crippen molar-refractivity contribution < 1.29 is 9.53 Å². The summed E-state index contributed by atoms with van der Waals surface area (Å²) in [4.78, 5) is 13.6. The third-order valence-electron chi connectivity index (χ3n) is 2.47. The number of esters is 1. The van der Waals surface area contributed by atoms with Crippen molar-refractivity contribution in [2.45, 2.75) is 25.2 Å². The van der Waals surface area contributed by atoms with Gasteiger partial charge in [-0.2, -0.15) is 0 Å². The van der Waals surface area contributed by atoms with Crippen molar-refractivity contribution in [2.24, 2.45) is 0 Å². The van der Waals surface area contributed by atoms with Crippen LogP contribution in [-0.2, 0) is 9.53 Å². The molecule has 0 fully saturated rings. The van der Waals surface area contributed by atoms with Gasteiger partial charge < -0.3 is 10.1 Å². The Hall–Kier alpha value is -1.42. The van der Waals surface area contributed by atoms with Gasteiger partial charge in [-0.1, -0.05) is 30.8 Å². The number of benzene rings is 1. The lowest BCUT2D eigenvalue weighted by Gasteiger charge is -2.22. The number of rotatable bonds is 3. The van der Waals surface area contributed by atoms with Gasteiger partial charge >= 0.3 is 5.97 Å². The normalized spacial score (nSPS) is 14.0.